The Morgan fingerprint density at radius 2 is 1.75 bits per heavy atom. The maximum atomic E-state index is 11.9. The van der Waals surface area contributed by atoms with Crippen LogP contribution < -0.4 is 10.9 Å². The molecule has 124 valence electrons. The second-order valence-corrected chi connectivity index (χ2v) is 5.59. The van der Waals surface area contributed by atoms with Crippen molar-refractivity contribution in [2.75, 3.05) is 0 Å². The standard InChI is InChI=1S/C17H18N4O3/c22-14(11-12-7-3-1-4-8-12)18-19-15(23)17-21-20-16(24-17)13-9-5-2-6-10-13/h2,5-6,9-11H,1,3-4,7-8H2,(H,18,22)(H,19,23). The van der Waals surface area contributed by atoms with Gasteiger partial charge in [-0.15, -0.1) is 10.2 Å². The molecule has 1 saturated carbocycles. The number of benzene rings is 1. The van der Waals surface area contributed by atoms with Crippen molar-refractivity contribution in [1.82, 2.24) is 21.0 Å². The second kappa shape index (κ2) is 7.54. The number of hydrogen-bond donors (Lipinski definition) is 2. The van der Waals surface area contributed by atoms with Crippen LogP contribution in [0.3, 0.4) is 0 Å². The summed E-state index contributed by atoms with van der Waals surface area (Å²) in [6.45, 7) is 0. The molecule has 1 aliphatic rings. The Kier molecular flexibility index (Phi) is 5.00. The first-order valence-corrected chi connectivity index (χ1v) is 7.91. The molecule has 1 heterocycles. The molecule has 0 bridgehead atoms. The molecule has 1 aliphatic carbocycles. The third-order valence-corrected chi connectivity index (χ3v) is 3.77. The van der Waals surface area contributed by atoms with Gasteiger partial charge in [-0.1, -0.05) is 30.2 Å². The molecule has 1 aromatic carbocycles. The van der Waals surface area contributed by atoms with Gasteiger partial charge in [-0.05, 0) is 37.8 Å². The van der Waals surface area contributed by atoms with Gasteiger partial charge in [-0.25, -0.2) is 0 Å². The van der Waals surface area contributed by atoms with E-state index in [2.05, 4.69) is 21.0 Å². The van der Waals surface area contributed by atoms with Gasteiger partial charge in [0.05, 0.1) is 0 Å². The molecule has 1 aromatic heterocycles. The Balaban J connectivity index is 1.55. The van der Waals surface area contributed by atoms with Crippen molar-refractivity contribution in [2.45, 2.75) is 32.1 Å². The van der Waals surface area contributed by atoms with Gasteiger partial charge in [-0.2, -0.15) is 0 Å². The number of carbonyl (C=O) groups excluding carboxylic acids is 2. The normalized spacial score (nSPS) is 14.1. The number of rotatable bonds is 3. The SMILES string of the molecule is O=C(C=C1CCCCC1)NNC(=O)c1nnc(-c2ccccc2)o1. The predicted molar refractivity (Wildman–Crippen MR) is 86.5 cm³/mol. The van der Waals surface area contributed by atoms with Crippen molar-refractivity contribution >= 4 is 11.8 Å². The van der Waals surface area contributed by atoms with Crippen LogP contribution >= 0.6 is 0 Å². The van der Waals surface area contributed by atoms with E-state index in [0.717, 1.165) is 36.8 Å². The summed E-state index contributed by atoms with van der Waals surface area (Å²) in [5.41, 5.74) is 6.43. The van der Waals surface area contributed by atoms with E-state index in [-0.39, 0.29) is 17.7 Å². The van der Waals surface area contributed by atoms with Crippen LogP contribution in [0.5, 0.6) is 0 Å². The average molecular weight is 326 g/mol. The lowest BCUT2D eigenvalue weighted by atomic mass is 9.95. The maximum absolute atomic E-state index is 11.9. The lowest BCUT2D eigenvalue weighted by molar-refractivity contribution is -0.117. The van der Waals surface area contributed by atoms with Gasteiger partial charge in [0.2, 0.25) is 5.89 Å². The highest BCUT2D eigenvalue weighted by molar-refractivity contribution is 5.94. The first kappa shape index (κ1) is 15.9. The molecule has 0 unspecified atom stereocenters. The van der Waals surface area contributed by atoms with E-state index in [4.69, 9.17) is 4.42 Å². The molecule has 0 aliphatic heterocycles. The predicted octanol–water partition coefficient (Wildman–Crippen LogP) is 2.39. The van der Waals surface area contributed by atoms with Crippen molar-refractivity contribution in [1.29, 1.82) is 0 Å². The first-order valence-electron chi connectivity index (χ1n) is 7.91. The molecule has 3 rings (SSSR count). The summed E-state index contributed by atoms with van der Waals surface area (Å²) in [5.74, 6) is -0.973. The molecule has 0 saturated heterocycles. The zero-order valence-corrected chi connectivity index (χ0v) is 13.1. The van der Waals surface area contributed by atoms with E-state index < -0.39 is 5.91 Å². The number of hydrogen-bond acceptors (Lipinski definition) is 5. The third kappa shape index (κ3) is 4.07. The Labute approximate surface area is 139 Å². The highest BCUT2D eigenvalue weighted by Gasteiger charge is 2.16. The van der Waals surface area contributed by atoms with Gasteiger partial charge < -0.3 is 4.42 Å². The fourth-order valence-corrected chi connectivity index (χ4v) is 2.56. The Hall–Kier alpha value is -2.96. The molecule has 0 atom stereocenters. The summed E-state index contributed by atoms with van der Waals surface area (Å²) in [7, 11) is 0. The molecule has 24 heavy (non-hydrogen) atoms. The van der Waals surface area contributed by atoms with Crippen LogP contribution in [0.25, 0.3) is 11.5 Å². The summed E-state index contributed by atoms with van der Waals surface area (Å²) >= 11 is 0. The topological polar surface area (TPSA) is 97.1 Å². The van der Waals surface area contributed by atoms with Crippen molar-refractivity contribution < 1.29 is 14.0 Å². The van der Waals surface area contributed by atoms with Crippen LogP contribution in [0.4, 0.5) is 0 Å². The minimum absolute atomic E-state index is 0.209. The molecule has 0 radical (unpaired) electrons. The van der Waals surface area contributed by atoms with Crippen LogP contribution in [-0.2, 0) is 4.79 Å². The zero-order valence-electron chi connectivity index (χ0n) is 13.1. The largest absolute Gasteiger partial charge is 0.412 e. The van der Waals surface area contributed by atoms with E-state index in [1.165, 1.54) is 6.42 Å². The van der Waals surface area contributed by atoms with E-state index in [1.807, 2.05) is 18.2 Å². The minimum atomic E-state index is -0.653. The van der Waals surface area contributed by atoms with E-state index in [0.29, 0.717) is 0 Å². The number of nitrogens with zero attached hydrogens (tertiary/aromatic N) is 2. The first-order chi connectivity index (χ1) is 11.7. The third-order valence-electron chi connectivity index (χ3n) is 3.77. The lowest BCUT2D eigenvalue weighted by Crippen LogP contribution is -2.41. The molecular weight excluding hydrogens is 308 g/mol. The van der Waals surface area contributed by atoms with Gasteiger partial charge in [0, 0.05) is 11.6 Å². The van der Waals surface area contributed by atoms with Crippen molar-refractivity contribution in [2.24, 2.45) is 0 Å². The lowest BCUT2D eigenvalue weighted by Gasteiger charge is -2.13. The van der Waals surface area contributed by atoms with Gasteiger partial charge >= 0.3 is 11.8 Å². The number of amides is 2. The van der Waals surface area contributed by atoms with Gasteiger partial charge in [0.25, 0.3) is 5.91 Å². The summed E-state index contributed by atoms with van der Waals surface area (Å²) in [4.78, 5) is 23.7. The second-order valence-electron chi connectivity index (χ2n) is 5.59. The molecule has 7 nitrogen and oxygen atoms in total. The fourth-order valence-electron chi connectivity index (χ4n) is 2.56. The summed E-state index contributed by atoms with van der Waals surface area (Å²) < 4.78 is 5.31. The summed E-state index contributed by atoms with van der Waals surface area (Å²) in [6, 6.07) is 9.13. The molecule has 2 amide bonds. The van der Waals surface area contributed by atoms with Crippen molar-refractivity contribution in [3.8, 4) is 11.5 Å². The van der Waals surface area contributed by atoms with Crippen molar-refractivity contribution in [3.63, 3.8) is 0 Å². The Morgan fingerprint density at radius 3 is 2.50 bits per heavy atom. The highest BCUT2D eigenvalue weighted by Crippen LogP contribution is 2.22. The minimum Gasteiger partial charge on any atom is -0.412 e. The van der Waals surface area contributed by atoms with Gasteiger partial charge in [0.1, 0.15) is 0 Å². The number of aromatic nitrogens is 2. The van der Waals surface area contributed by atoms with E-state index in [9.17, 15) is 9.59 Å². The molecule has 1 fully saturated rings. The summed E-state index contributed by atoms with van der Waals surface area (Å²) in [6.07, 6.45) is 6.83. The number of hydrazine groups is 1. The Bertz CT molecular complexity index is 744. The molecule has 7 heteroatoms. The van der Waals surface area contributed by atoms with Crippen LogP contribution in [0, 0.1) is 0 Å². The highest BCUT2D eigenvalue weighted by atomic mass is 16.4. The van der Waals surface area contributed by atoms with Crippen LogP contribution in [0.2, 0.25) is 0 Å². The fraction of sp³-hybridized carbons (Fsp3) is 0.294. The van der Waals surface area contributed by atoms with E-state index in [1.54, 1.807) is 18.2 Å². The average Bonchev–Trinajstić information content (AvgIpc) is 3.11. The van der Waals surface area contributed by atoms with Crippen LogP contribution in [0.15, 0.2) is 46.4 Å². The quantitative estimate of drug-likeness (QED) is 0.667. The molecule has 0 spiro atoms. The molecular formula is C17H18N4O3. The van der Waals surface area contributed by atoms with Crippen LogP contribution in [0.1, 0.15) is 42.8 Å². The molecule has 2 aromatic rings. The smallest absolute Gasteiger partial charge is 0.327 e. The van der Waals surface area contributed by atoms with Gasteiger partial charge in [-0.3, -0.25) is 20.4 Å². The number of allylic oxidation sites excluding steroid dienone is 1. The van der Waals surface area contributed by atoms with Crippen LogP contribution in [-0.4, -0.2) is 22.0 Å². The monoisotopic (exact) mass is 326 g/mol. The number of carbonyl (C=O) groups is 2. The van der Waals surface area contributed by atoms with Gasteiger partial charge in [0.15, 0.2) is 0 Å². The molecule has 2 N–H and O–H groups in total. The zero-order chi connectivity index (χ0) is 16.8. The summed E-state index contributed by atoms with van der Waals surface area (Å²) in [5, 5.41) is 7.52. The maximum Gasteiger partial charge on any atom is 0.327 e. The van der Waals surface area contributed by atoms with Crippen molar-refractivity contribution in [3.05, 3.63) is 47.9 Å². The Morgan fingerprint density at radius 1 is 1.00 bits per heavy atom. The van der Waals surface area contributed by atoms with E-state index >= 15 is 0 Å². The number of nitrogens with one attached hydrogen (secondary N) is 2.